The molecular formula is C20H25N3O2. The molecule has 1 aromatic heterocycles. The zero-order chi connectivity index (χ0) is 17.5. The van der Waals surface area contributed by atoms with E-state index in [1.807, 2.05) is 6.07 Å². The molecule has 0 aliphatic carbocycles. The van der Waals surface area contributed by atoms with Crippen molar-refractivity contribution < 1.29 is 9.53 Å². The summed E-state index contributed by atoms with van der Waals surface area (Å²) in [5.74, 6) is -0.0713. The number of carbonyl (C=O) groups is 1. The maximum Gasteiger partial charge on any atom is 0.251 e. The second kappa shape index (κ2) is 8.74. The van der Waals surface area contributed by atoms with Gasteiger partial charge in [0.25, 0.3) is 5.91 Å². The first-order valence-corrected chi connectivity index (χ1v) is 8.85. The van der Waals surface area contributed by atoms with Gasteiger partial charge in [-0.05, 0) is 24.1 Å². The van der Waals surface area contributed by atoms with Crippen LogP contribution in [0.2, 0.25) is 0 Å². The molecule has 0 radical (unpaired) electrons. The first-order valence-electron chi connectivity index (χ1n) is 8.85. The second-order valence-corrected chi connectivity index (χ2v) is 6.35. The molecule has 0 spiro atoms. The SMILES string of the molecule is CC[C@@H](NC(=O)c1ccncc1)[C@H]1CN(Cc2ccccc2)CCO1. The summed E-state index contributed by atoms with van der Waals surface area (Å²) in [6.07, 6.45) is 4.11. The summed E-state index contributed by atoms with van der Waals surface area (Å²) in [6, 6.07) is 13.9. The van der Waals surface area contributed by atoms with E-state index in [2.05, 4.69) is 46.4 Å². The van der Waals surface area contributed by atoms with Crippen molar-refractivity contribution >= 4 is 5.91 Å². The van der Waals surface area contributed by atoms with Crippen molar-refractivity contribution in [2.45, 2.75) is 32.0 Å². The Balaban J connectivity index is 1.59. The molecule has 0 bridgehead atoms. The first-order chi connectivity index (χ1) is 12.3. The molecular weight excluding hydrogens is 314 g/mol. The van der Waals surface area contributed by atoms with Gasteiger partial charge < -0.3 is 10.1 Å². The molecule has 2 aromatic rings. The number of morpholine rings is 1. The van der Waals surface area contributed by atoms with Gasteiger partial charge in [-0.2, -0.15) is 0 Å². The number of rotatable bonds is 6. The van der Waals surface area contributed by atoms with Crippen molar-refractivity contribution in [3.63, 3.8) is 0 Å². The monoisotopic (exact) mass is 339 g/mol. The zero-order valence-electron chi connectivity index (χ0n) is 14.6. The van der Waals surface area contributed by atoms with Gasteiger partial charge in [-0.3, -0.25) is 14.7 Å². The zero-order valence-corrected chi connectivity index (χ0v) is 14.6. The normalized spacial score (nSPS) is 19.3. The molecule has 1 aliphatic rings. The molecule has 25 heavy (non-hydrogen) atoms. The lowest BCUT2D eigenvalue weighted by Crippen LogP contribution is -2.53. The number of pyridine rings is 1. The molecule has 1 aromatic carbocycles. The van der Waals surface area contributed by atoms with Crippen LogP contribution in [0.15, 0.2) is 54.9 Å². The van der Waals surface area contributed by atoms with Crippen molar-refractivity contribution in [2.75, 3.05) is 19.7 Å². The van der Waals surface area contributed by atoms with E-state index >= 15 is 0 Å². The van der Waals surface area contributed by atoms with Crippen LogP contribution in [0.1, 0.15) is 29.3 Å². The highest BCUT2D eigenvalue weighted by molar-refractivity contribution is 5.94. The molecule has 0 unspecified atom stereocenters. The number of ether oxygens (including phenoxy) is 1. The predicted octanol–water partition coefficient (Wildman–Crippen LogP) is 2.49. The molecule has 1 N–H and O–H groups in total. The van der Waals surface area contributed by atoms with Gasteiger partial charge in [0.05, 0.1) is 18.8 Å². The van der Waals surface area contributed by atoms with Crippen LogP contribution in [0.5, 0.6) is 0 Å². The maximum atomic E-state index is 12.4. The van der Waals surface area contributed by atoms with Gasteiger partial charge in [-0.25, -0.2) is 0 Å². The van der Waals surface area contributed by atoms with Crippen LogP contribution in [-0.2, 0) is 11.3 Å². The van der Waals surface area contributed by atoms with Crippen molar-refractivity contribution in [3.05, 3.63) is 66.0 Å². The highest BCUT2D eigenvalue weighted by atomic mass is 16.5. The second-order valence-electron chi connectivity index (χ2n) is 6.35. The number of carbonyl (C=O) groups excluding carboxylic acids is 1. The van der Waals surface area contributed by atoms with E-state index in [0.717, 1.165) is 26.1 Å². The molecule has 1 fully saturated rings. The Hall–Kier alpha value is -2.24. The van der Waals surface area contributed by atoms with Crippen molar-refractivity contribution in [3.8, 4) is 0 Å². The molecule has 2 heterocycles. The van der Waals surface area contributed by atoms with Crippen LogP contribution in [0.3, 0.4) is 0 Å². The van der Waals surface area contributed by atoms with Gasteiger partial charge in [0.1, 0.15) is 0 Å². The van der Waals surface area contributed by atoms with Gasteiger partial charge in [0, 0.05) is 37.6 Å². The van der Waals surface area contributed by atoms with E-state index < -0.39 is 0 Å². The summed E-state index contributed by atoms with van der Waals surface area (Å²) in [7, 11) is 0. The molecule has 3 rings (SSSR count). The Morgan fingerprint density at radius 1 is 1.28 bits per heavy atom. The molecule has 2 atom stereocenters. The Kier molecular flexibility index (Phi) is 6.14. The van der Waals surface area contributed by atoms with E-state index in [9.17, 15) is 4.79 Å². The number of amides is 1. The van der Waals surface area contributed by atoms with E-state index in [4.69, 9.17) is 4.74 Å². The van der Waals surface area contributed by atoms with Gasteiger partial charge >= 0.3 is 0 Å². The lowest BCUT2D eigenvalue weighted by molar-refractivity contribution is -0.0483. The smallest absolute Gasteiger partial charge is 0.251 e. The first kappa shape index (κ1) is 17.6. The van der Waals surface area contributed by atoms with Gasteiger partial charge in [-0.1, -0.05) is 37.3 Å². The number of nitrogens with one attached hydrogen (secondary N) is 1. The Labute approximate surface area is 149 Å². The average Bonchev–Trinajstić information content (AvgIpc) is 2.67. The summed E-state index contributed by atoms with van der Waals surface area (Å²) < 4.78 is 5.97. The standard InChI is InChI=1S/C20H25N3O2/c1-2-18(22-20(24)17-8-10-21-11-9-17)19-15-23(12-13-25-19)14-16-6-4-3-5-7-16/h3-11,18-19H,2,12-15H2,1H3,(H,22,24)/t18-,19-/m1/s1. The molecule has 5 heteroatoms. The summed E-state index contributed by atoms with van der Waals surface area (Å²) in [6.45, 7) is 5.43. The molecule has 1 aliphatic heterocycles. The maximum absolute atomic E-state index is 12.4. The quantitative estimate of drug-likeness (QED) is 0.878. The van der Waals surface area contributed by atoms with Gasteiger partial charge in [-0.15, -0.1) is 0 Å². The minimum Gasteiger partial charge on any atom is -0.373 e. The summed E-state index contributed by atoms with van der Waals surface area (Å²) in [5.41, 5.74) is 1.93. The Morgan fingerprint density at radius 3 is 2.76 bits per heavy atom. The Morgan fingerprint density at radius 2 is 2.04 bits per heavy atom. The topological polar surface area (TPSA) is 54.5 Å². The minimum atomic E-state index is -0.0713. The van der Waals surface area contributed by atoms with Crippen molar-refractivity contribution in [1.29, 1.82) is 0 Å². The fraction of sp³-hybridized carbons (Fsp3) is 0.400. The highest BCUT2D eigenvalue weighted by Crippen LogP contribution is 2.15. The lowest BCUT2D eigenvalue weighted by atomic mass is 10.0. The minimum absolute atomic E-state index is 0.000705. The molecule has 132 valence electrons. The lowest BCUT2D eigenvalue weighted by Gasteiger charge is -2.37. The van der Waals surface area contributed by atoms with Crippen LogP contribution >= 0.6 is 0 Å². The third kappa shape index (κ3) is 4.87. The summed E-state index contributed by atoms with van der Waals surface area (Å²) in [4.78, 5) is 18.8. The largest absolute Gasteiger partial charge is 0.373 e. The fourth-order valence-electron chi connectivity index (χ4n) is 3.17. The van der Waals surface area contributed by atoms with E-state index in [1.54, 1.807) is 24.5 Å². The van der Waals surface area contributed by atoms with Crippen molar-refractivity contribution in [1.82, 2.24) is 15.2 Å². The number of aromatic nitrogens is 1. The van der Waals surface area contributed by atoms with Gasteiger partial charge in [0.15, 0.2) is 0 Å². The van der Waals surface area contributed by atoms with Crippen molar-refractivity contribution in [2.24, 2.45) is 0 Å². The van der Waals surface area contributed by atoms with Crippen LogP contribution in [0.4, 0.5) is 0 Å². The summed E-state index contributed by atoms with van der Waals surface area (Å²) >= 11 is 0. The fourth-order valence-corrected chi connectivity index (χ4v) is 3.17. The number of hydrogen-bond donors (Lipinski definition) is 1. The van der Waals surface area contributed by atoms with E-state index in [0.29, 0.717) is 12.2 Å². The Bertz CT molecular complexity index is 663. The number of nitrogens with zero attached hydrogens (tertiary/aromatic N) is 2. The highest BCUT2D eigenvalue weighted by Gasteiger charge is 2.28. The molecule has 1 saturated heterocycles. The number of benzene rings is 1. The van der Waals surface area contributed by atoms with E-state index in [-0.39, 0.29) is 18.1 Å². The molecule has 1 amide bonds. The summed E-state index contributed by atoms with van der Waals surface area (Å²) in [5, 5.41) is 3.12. The molecule has 0 saturated carbocycles. The van der Waals surface area contributed by atoms with E-state index in [1.165, 1.54) is 5.56 Å². The third-order valence-electron chi connectivity index (χ3n) is 4.57. The van der Waals surface area contributed by atoms with Crippen LogP contribution < -0.4 is 5.32 Å². The van der Waals surface area contributed by atoms with Crippen LogP contribution in [-0.4, -0.2) is 47.6 Å². The average molecular weight is 339 g/mol. The van der Waals surface area contributed by atoms with Crippen LogP contribution in [0, 0.1) is 0 Å². The molecule has 5 nitrogen and oxygen atoms in total. The number of hydrogen-bond acceptors (Lipinski definition) is 4. The van der Waals surface area contributed by atoms with Crippen LogP contribution in [0.25, 0.3) is 0 Å². The third-order valence-corrected chi connectivity index (χ3v) is 4.57. The van der Waals surface area contributed by atoms with Gasteiger partial charge in [0.2, 0.25) is 0 Å². The predicted molar refractivity (Wildman–Crippen MR) is 97.2 cm³/mol.